The number of hydrogen-bond donors (Lipinski definition) is 2. The number of thioether (sulfide) groups is 1. The summed E-state index contributed by atoms with van der Waals surface area (Å²) >= 11 is 1.06. The minimum absolute atomic E-state index is 0.00207. The first-order chi connectivity index (χ1) is 5.04. The van der Waals surface area contributed by atoms with Crippen LogP contribution in [-0.4, -0.2) is 34.3 Å². The van der Waals surface area contributed by atoms with Crippen LogP contribution >= 0.6 is 11.8 Å². The van der Waals surface area contributed by atoms with Crippen LogP contribution in [0.4, 0.5) is 0 Å². The maximum Gasteiger partial charge on any atom is 0.196 e. The van der Waals surface area contributed by atoms with E-state index in [9.17, 15) is 4.79 Å². The Morgan fingerprint density at radius 1 is 1.45 bits per heavy atom. The third-order valence-corrected chi connectivity index (χ3v) is 2.47. The van der Waals surface area contributed by atoms with Gasteiger partial charge in [-0.05, 0) is 13.8 Å². The van der Waals surface area contributed by atoms with Crippen molar-refractivity contribution in [1.82, 2.24) is 0 Å². The van der Waals surface area contributed by atoms with E-state index < -0.39 is 5.41 Å². The van der Waals surface area contributed by atoms with E-state index in [-0.39, 0.29) is 18.3 Å². The van der Waals surface area contributed by atoms with Gasteiger partial charge in [-0.3, -0.25) is 4.79 Å². The van der Waals surface area contributed by atoms with Gasteiger partial charge < -0.3 is 10.2 Å². The lowest BCUT2D eigenvalue weighted by molar-refractivity contribution is -0.119. The Labute approximate surface area is 70.8 Å². The first-order valence-corrected chi connectivity index (χ1v) is 4.42. The van der Waals surface area contributed by atoms with Gasteiger partial charge in [0.1, 0.15) is 0 Å². The van der Waals surface area contributed by atoms with E-state index in [1.807, 2.05) is 0 Å². The van der Waals surface area contributed by atoms with Crippen LogP contribution in [0.5, 0.6) is 0 Å². The molecule has 66 valence electrons. The lowest BCUT2D eigenvalue weighted by atomic mass is 9.97. The van der Waals surface area contributed by atoms with Crippen LogP contribution in [0.15, 0.2) is 0 Å². The molecule has 0 fully saturated rings. The lowest BCUT2D eigenvalue weighted by Crippen LogP contribution is -2.26. The van der Waals surface area contributed by atoms with Crippen LogP contribution in [0.2, 0.25) is 0 Å². The molecular formula is C7H14O3S. The molecule has 0 atom stereocenters. The largest absolute Gasteiger partial charge is 0.396 e. The third-order valence-electron chi connectivity index (χ3n) is 1.27. The zero-order valence-electron chi connectivity index (χ0n) is 6.83. The molecular weight excluding hydrogens is 164 g/mol. The van der Waals surface area contributed by atoms with Crippen LogP contribution in [0.3, 0.4) is 0 Å². The predicted molar refractivity (Wildman–Crippen MR) is 45.4 cm³/mol. The Morgan fingerprint density at radius 2 is 2.00 bits per heavy atom. The summed E-state index contributed by atoms with van der Waals surface area (Å²) in [5, 5.41) is 17.1. The summed E-state index contributed by atoms with van der Waals surface area (Å²) < 4.78 is 0. The van der Waals surface area contributed by atoms with Crippen LogP contribution < -0.4 is 0 Å². The predicted octanol–water partition coefficient (Wildman–Crippen LogP) is 0.257. The highest BCUT2D eigenvalue weighted by atomic mass is 32.2. The van der Waals surface area contributed by atoms with Crippen molar-refractivity contribution in [2.75, 3.05) is 19.0 Å². The summed E-state index contributed by atoms with van der Waals surface area (Å²) in [5.74, 6) is 0.405. The van der Waals surface area contributed by atoms with Crippen LogP contribution in [0, 0.1) is 5.41 Å². The van der Waals surface area contributed by atoms with Crippen molar-refractivity contribution in [1.29, 1.82) is 0 Å². The molecule has 0 amide bonds. The van der Waals surface area contributed by atoms with E-state index in [2.05, 4.69) is 0 Å². The quantitative estimate of drug-likeness (QED) is 0.648. The fourth-order valence-electron chi connectivity index (χ4n) is 0.398. The number of carbonyl (C=O) groups is 1. The fourth-order valence-corrected chi connectivity index (χ4v) is 1.13. The standard InChI is InChI=1S/C7H14O3S/c1-7(2,5-9)6(10)11-4-3-8/h8-9H,3-5H2,1-2H3. The molecule has 0 unspecified atom stereocenters. The van der Waals surface area contributed by atoms with E-state index in [0.717, 1.165) is 11.8 Å². The summed E-state index contributed by atoms with van der Waals surface area (Å²) in [6.07, 6.45) is 0. The van der Waals surface area contributed by atoms with Crippen molar-refractivity contribution >= 4 is 16.9 Å². The van der Waals surface area contributed by atoms with Crippen molar-refractivity contribution < 1.29 is 15.0 Å². The molecule has 3 nitrogen and oxygen atoms in total. The monoisotopic (exact) mass is 178 g/mol. The Morgan fingerprint density at radius 3 is 2.36 bits per heavy atom. The summed E-state index contributed by atoms with van der Waals surface area (Å²) in [5.41, 5.74) is -0.681. The number of aliphatic hydroxyl groups is 2. The van der Waals surface area contributed by atoms with Gasteiger partial charge in [0, 0.05) is 5.75 Å². The topological polar surface area (TPSA) is 57.5 Å². The smallest absolute Gasteiger partial charge is 0.196 e. The van der Waals surface area contributed by atoms with Gasteiger partial charge >= 0.3 is 0 Å². The van der Waals surface area contributed by atoms with Crippen LogP contribution in [0.25, 0.3) is 0 Å². The normalized spacial score (nSPS) is 11.6. The second-order valence-electron chi connectivity index (χ2n) is 2.90. The number of carbonyl (C=O) groups excluding carboxylic acids is 1. The molecule has 0 aliphatic carbocycles. The Balaban J connectivity index is 3.82. The van der Waals surface area contributed by atoms with E-state index in [0.29, 0.717) is 5.75 Å². The van der Waals surface area contributed by atoms with Gasteiger partial charge in [0.05, 0.1) is 18.6 Å². The number of rotatable bonds is 4. The van der Waals surface area contributed by atoms with Crippen LogP contribution in [0.1, 0.15) is 13.8 Å². The maximum absolute atomic E-state index is 11.1. The van der Waals surface area contributed by atoms with Gasteiger partial charge in [-0.2, -0.15) is 0 Å². The van der Waals surface area contributed by atoms with E-state index in [1.54, 1.807) is 13.8 Å². The molecule has 0 aromatic heterocycles. The molecule has 0 bridgehead atoms. The molecule has 0 aliphatic heterocycles. The molecule has 0 radical (unpaired) electrons. The fraction of sp³-hybridized carbons (Fsp3) is 0.857. The van der Waals surface area contributed by atoms with Crippen molar-refractivity contribution in [3.05, 3.63) is 0 Å². The van der Waals surface area contributed by atoms with Crippen molar-refractivity contribution in [3.8, 4) is 0 Å². The highest BCUT2D eigenvalue weighted by molar-refractivity contribution is 8.13. The minimum atomic E-state index is -0.681. The average molecular weight is 178 g/mol. The average Bonchev–Trinajstić information content (AvgIpc) is 2.00. The zero-order valence-corrected chi connectivity index (χ0v) is 7.65. The van der Waals surface area contributed by atoms with Gasteiger partial charge in [-0.1, -0.05) is 11.8 Å². The SMILES string of the molecule is CC(C)(CO)C(=O)SCCO. The zero-order chi connectivity index (χ0) is 8.91. The van der Waals surface area contributed by atoms with Crippen molar-refractivity contribution in [2.24, 2.45) is 5.41 Å². The van der Waals surface area contributed by atoms with Gasteiger partial charge in [0.15, 0.2) is 5.12 Å². The number of hydrogen-bond acceptors (Lipinski definition) is 4. The number of aliphatic hydroxyl groups excluding tert-OH is 2. The first kappa shape index (κ1) is 10.9. The molecule has 0 saturated carbocycles. The second-order valence-corrected chi connectivity index (χ2v) is 3.97. The molecule has 11 heavy (non-hydrogen) atoms. The highest BCUT2D eigenvalue weighted by Gasteiger charge is 2.26. The van der Waals surface area contributed by atoms with Gasteiger partial charge in [-0.25, -0.2) is 0 Å². The Hall–Kier alpha value is -0.0600. The van der Waals surface area contributed by atoms with E-state index in [1.165, 1.54) is 0 Å². The van der Waals surface area contributed by atoms with Crippen LogP contribution in [-0.2, 0) is 4.79 Å². The van der Waals surface area contributed by atoms with Gasteiger partial charge in [0.25, 0.3) is 0 Å². The minimum Gasteiger partial charge on any atom is -0.396 e. The maximum atomic E-state index is 11.1. The highest BCUT2D eigenvalue weighted by Crippen LogP contribution is 2.22. The summed E-state index contributed by atoms with van der Waals surface area (Å²) in [4.78, 5) is 11.1. The molecule has 4 heteroatoms. The third kappa shape index (κ3) is 3.74. The van der Waals surface area contributed by atoms with E-state index >= 15 is 0 Å². The molecule has 2 N–H and O–H groups in total. The van der Waals surface area contributed by atoms with Crippen molar-refractivity contribution in [3.63, 3.8) is 0 Å². The van der Waals surface area contributed by atoms with Gasteiger partial charge in [0.2, 0.25) is 0 Å². The molecule has 0 aromatic carbocycles. The van der Waals surface area contributed by atoms with Gasteiger partial charge in [-0.15, -0.1) is 0 Å². The molecule has 0 aliphatic rings. The summed E-state index contributed by atoms with van der Waals surface area (Å²) in [6, 6.07) is 0. The molecule has 0 heterocycles. The van der Waals surface area contributed by atoms with E-state index in [4.69, 9.17) is 10.2 Å². The molecule has 0 saturated heterocycles. The lowest BCUT2D eigenvalue weighted by Gasteiger charge is -2.18. The molecule has 0 rings (SSSR count). The summed E-state index contributed by atoms with van der Waals surface area (Å²) in [6.45, 7) is 3.21. The Bertz CT molecular complexity index is 134. The molecule has 0 aromatic rings. The molecule has 0 spiro atoms. The summed E-state index contributed by atoms with van der Waals surface area (Å²) in [7, 11) is 0. The van der Waals surface area contributed by atoms with Crippen molar-refractivity contribution in [2.45, 2.75) is 13.8 Å². The Kier molecular flexibility index (Phi) is 4.72. The second kappa shape index (κ2) is 4.74. The first-order valence-electron chi connectivity index (χ1n) is 3.43.